The second-order valence-corrected chi connectivity index (χ2v) is 5.60. The number of benzene rings is 1. The van der Waals surface area contributed by atoms with Gasteiger partial charge in [0.15, 0.2) is 11.5 Å². The first-order valence-electron chi connectivity index (χ1n) is 7.44. The number of methoxy groups -OCH3 is 2. The van der Waals surface area contributed by atoms with E-state index in [-0.39, 0.29) is 18.4 Å². The van der Waals surface area contributed by atoms with Gasteiger partial charge < -0.3 is 19.9 Å². The molecule has 0 spiro atoms. The minimum atomic E-state index is 0. The molecule has 1 aromatic rings. The Bertz CT molecular complexity index is 449. The number of likely N-dealkylation sites (tertiary alicyclic amines) is 1. The van der Waals surface area contributed by atoms with Crippen molar-refractivity contribution in [1.82, 2.24) is 4.90 Å². The van der Waals surface area contributed by atoms with Crippen LogP contribution in [0.3, 0.4) is 0 Å². The Morgan fingerprint density at radius 2 is 1.77 bits per heavy atom. The lowest BCUT2D eigenvalue weighted by atomic mass is 10.1. The molecule has 1 aromatic carbocycles. The molecule has 22 heavy (non-hydrogen) atoms. The summed E-state index contributed by atoms with van der Waals surface area (Å²) in [5, 5.41) is 0. The second-order valence-electron chi connectivity index (χ2n) is 5.60. The maximum atomic E-state index is 6.09. The van der Waals surface area contributed by atoms with Crippen LogP contribution in [-0.2, 0) is 6.54 Å². The monoisotopic (exact) mass is 330 g/mol. The van der Waals surface area contributed by atoms with Crippen LogP contribution in [0.2, 0.25) is 0 Å². The van der Waals surface area contributed by atoms with E-state index in [9.17, 15) is 0 Å². The first-order valence-corrected chi connectivity index (χ1v) is 7.44. The van der Waals surface area contributed by atoms with E-state index in [2.05, 4.69) is 11.8 Å². The van der Waals surface area contributed by atoms with Crippen molar-refractivity contribution in [3.05, 3.63) is 17.7 Å². The molecule has 0 saturated carbocycles. The first kappa shape index (κ1) is 18.9. The number of halogens is 1. The molecule has 0 aliphatic carbocycles. The average Bonchev–Trinajstić information content (AvgIpc) is 2.78. The Labute approximate surface area is 139 Å². The highest BCUT2D eigenvalue weighted by Gasteiger charge is 2.26. The molecule has 5 nitrogen and oxygen atoms in total. The quantitative estimate of drug-likeness (QED) is 0.867. The molecule has 1 heterocycles. The summed E-state index contributed by atoms with van der Waals surface area (Å²) in [5.41, 5.74) is 7.23. The van der Waals surface area contributed by atoms with Gasteiger partial charge in [0.05, 0.1) is 20.8 Å². The number of hydrogen-bond donors (Lipinski definition) is 1. The molecule has 0 amide bonds. The van der Waals surface area contributed by atoms with Crippen molar-refractivity contribution in [3.8, 4) is 17.2 Å². The van der Waals surface area contributed by atoms with Gasteiger partial charge in [0.2, 0.25) is 5.75 Å². The van der Waals surface area contributed by atoms with Gasteiger partial charge in [-0.15, -0.1) is 12.4 Å². The van der Waals surface area contributed by atoms with Crippen molar-refractivity contribution in [3.63, 3.8) is 0 Å². The van der Waals surface area contributed by atoms with E-state index in [4.69, 9.17) is 19.9 Å². The Morgan fingerprint density at radius 3 is 2.18 bits per heavy atom. The van der Waals surface area contributed by atoms with Crippen LogP contribution in [0.1, 0.15) is 19.4 Å². The zero-order valence-corrected chi connectivity index (χ0v) is 14.6. The molecule has 6 heteroatoms. The normalized spacial score (nSPS) is 21.3. The predicted octanol–water partition coefficient (Wildman–Crippen LogP) is 2.30. The Morgan fingerprint density at radius 1 is 1.18 bits per heavy atom. The highest BCUT2D eigenvalue weighted by Crippen LogP contribution is 2.39. The van der Waals surface area contributed by atoms with Crippen molar-refractivity contribution < 1.29 is 14.2 Å². The van der Waals surface area contributed by atoms with Gasteiger partial charge in [-0.3, -0.25) is 4.90 Å². The summed E-state index contributed by atoms with van der Waals surface area (Å²) in [4.78, 5) is 2.36. The number of nitrogens with zero attached hydrogens (tertiary/aromatic N) is 1. The maximum Gasteiger partial charge on any atom is 0.203 e. The third-order valence-electron chi connectivity index (χ3n) is 3.96. The molecule has 1 fully saturated rings. The summed E-state index contributed by atoms with van der Waals surface area (Å²) in [7, 11) is 3.30. The van der Waals surface area contributed by atoms with Gasteiger partial charge in [-0.2, -0.15) is 0 Å². The van der Waals surface area contributed by atoms with Crippen molar-refractivity contribution >= 4 is 12.4 Å². The molecular weight excluding hydrogens is 304 g/mol. The van der Waals surface area contributed by atoms with E-state index in [1.54, 1.807) is 14.2 Å². The number of ether oxygens (including phenoxy) is 3. The smallest absolute Gasteiger partial charge is 0.203 e. The fraction of sp³-hybridized carbons (Fsp3) is 0.625. The Hall–Kier alpha value is -1.17. The Balaban J connectivity index is 0.00000242. The molecule has 2 rings (SSSR count). The largest absolute Gasteiger partial charge is 0.493 e. The molecule has 0 bridgehead atoms. The molecule has 126 valence electrons. The third kappa shape index (κ3) is 4.18. The number of hydrogen-bond acceptors (Lipinski definition) is 5. The van der Waals surface area contributed by atoms with Gasteiger partial charge in [-0.05, 0) is 30.5 Å². The summed E-state index contributed by atoms with van der Waals surface area (Å²) in [6.45, 7) is 7.52. The third-order valence-corrected chi connectivity index (χ3v) is 3.96. The van der Waals surface area contributed by atoms with Crippen molar-refractivity contribution in [2.75, 3.05) is 33.9 Å². The molecule has 2 unspecified atom stereocenters. The molecule has 1 saturated heterocycles. The van der Waals surface area contributed by atoms with E-state index in [0.29, 0.717) is 29.8 Å². The van der Waals surface area contributed by atoms with E-state index in [0.717, 1.165) is 25.2 Å². The minimum Gasteiger partial charge on any atom is -0.493 e. The van der Waals surface area contributed by atoms with E-state index in [1.165, 1.54) is 0 Å². The lowest BCUT2D eigenvalue weighted by molar-refractivity contribution is 0.285. The molecule has 2 atom stereocenters. The maximum absolute atomic E-state index is 6.09. The summed E-state index contributed by atoms with van der Waals surface area (Å²) in [5.74, 6) is 2.62. The summed E-state index contributed by atoms with van der Waals surface area (Å²) >= 11 is 0. The van der Waals surface area contributed by atoms with Crippen LogP contribution in [0, 0.1) is 5.92 Å². The van der Waals surface area contributed by atoms with Gasteiger partial charge in [0, 0.05) is 25.7 Å². The molecule has 1 aliphatic rings. The number of rotatable bonds is 6. The zero-order valence-electron chi connectivity index (χ0n) is 13.8. The average molecular weight is 331 g/mol. The molecule has 0 aromatic heterocycles. The van der Waals surface area contributed by atoms with Crippen LogP contribution in [-0.4, -0.2) is 44.9 Å². The zero-order chi connectivity index (χ0) is 15.4. The van der Waals surface area contributed by atoms with Crippen molar-refractivity contribution in [2.24, 2.45) is 11.7 Å². The van der Waals surface area contributed by atoms with Crippen molar-refractivity contribution in [2.45, 2.75) is 26.4 Å². The molecule has 2 N–H and O–H groups in total. The van der Waals surface area contributed by atoms with Crippen molar-refractivity contribution in [1.29, 1.82) is 0 Å². The van der Waals surface area contributed by atoms with Crippen LogP contribution in [0.5, 0.6) is 17.2 Å². The SMILES string of the molecule is CCOc1c(OC)cc(CN2CC(C)C(N)C2)cc1OC.Cl. The Kier molecular flexibility index (Phi) is 7.26. The highest BCUT2D eigenvalue weighted by molar-refractivity contribution is 5.85. The summed E-state index contributed by atoms with van der Waals surface area (Å²) < 4.78 is 16.5. The standard InChI is InChI=1S/C16H26N2O3.ClH/c1-5-21-16-14(19-3)6-12(7-15(16)20-4)9-18-8-11(2)13(17)10-18;/h6-7,11,13H,5,8-10,17H2,1-4H3;1H. The van der Waals surface area contributed by atoms with Gasteiger partial charge in [0.25, 0.3) is 0 Å². The highest BCUT2D eigenvalue weighted by atomic mass is 35.5. The van der Waals surface area contributed by atoms with Crippen LogP contribution >= 0.6 is 12.4 Å². The second kappa shape index (κ2) is 8.46. The van der Waals surface area contributed by atoms with Gasteiger partial charge in [0.1, 0.15) is 0 Å². The summed E-state index contributed by atoms with van der Waals surface area (Å²) in [6, 6.07) is 4.29. The predicted molar refractivity (Wildman–Crippen MR) is 90.4 cm³/mol. The molecular formula is C16H27ClN2O3. The lowest BCUT2D eigenvalue weighted by Gasteiger charge is -2.19. The lowest BCUT2D eigenvalue weighted by Crippen LogP contribution is -2.28. The van der Waals surface area contributed by atoms with Crippen LogP contribution in [0.4, 0.5) is 0 Å². The number of nitrogens with two attached hydrogens (primary N) is 1. The van der Waals surface area contributed by atoms with E-state index < -0.39 is 0 Å². The van der Waals surface area contributed by atoms with Crippen LogP contribution in [0.25, 0.3) is 0 Å². The van der Waals surface area contributed by atoms with Crippen LogP contribution < -0.4 is 19.9 Å². The van der Waals surface area contributed by atoms with E-state index >= 15 is 0 Å². The molecule has 0 radical (unpaired) electrons. The molecule has 1 aliphatic heterocycles. The fourth-order valence-electron chi connectivity index (χ4n) is 2.79. The fourth-order valence-corrected chi connectivity index (χ4v) is 2.79. The topological polar surface area (TPSA) is 57.0 Å². The first-order chi connectivity index (χ1) is 10.1. The van der Waals surface area contributed by atoms with Gasteiger partial charge >= 0.3 is 0 Å². The van der Waals surface area contributed by atoms with Gasteiger partial charge in [-0.1, -0.05) is 6.92 Å². The minimum absolute atomic E-state index is 0. The summed E-state index contributed by atoms with van der Waals surface area (Å²) in [6.07, 6.45) is 0. The van der Waals surface area contributed by atoms with Gasteiger partial charge in [-0.25, -0.2) is 0 Å². The van der Waals surface area contributed by atoms with Crippen LogP contribution in [0.15, 0.2) is 12.1 Å². The van der Waals surface area contributed by atoms with E-state index in [1.807, 2.05) is 19.1 Å².